The first-order valence-corrected chi connectivity index (χ1v) is 5.53. The van der Waals surface area contributed by atoms with E-state index in [1.807, 2.05) is 24.3 Å². The maximum Gasteiger partial charge on any atom is 0.291 e. The summed E-state index contributed by atoms with van der Waals surface area (Å²) in [7, 11) is 1.60. The number of hydrogen-bond acceptors (Lipinski definition) is 5. The Labute approximate surface area is 110 Å². The summed E-state index contributed by atoms with van der Waals surface area (Å²) in [4.78, 5) is 19.3. The quantitative estimate of drug-likeness (QED) is 0.659. The second kappa shape index (κ2) is 6.25. The molecule has 0 aliphatic rings. The second-order valence-electron chi connectivity index (χ2n) is 3.56. The Hall–Kier alpha value is -2.76. The van der Waals surface area contributed by atoms with Crippen LogP contribution in [0.1, 0.15) is 16.1 Å². The van der Waals surface area contributed by atoms with Crippen LogP contribution >= 0.6 is 0 Å². The average molecular weight is 256 g/mol. The van der Waals surface area contributed by atoms with Crippen LogP contribution in [0.25, 0.3) is 0 Å². The van der Waals surface area contributed by atoms with Gasteiger partial charge >= 0.3 is 0 Å². The standard InChI is InChI=1S/C13H12N4O2/c1-19-11-4-2-10(3-5-11)8-16-17-13(18)12-9-14-6-7-15-12/h2-9H,1H3,(H,17,18)/b16-8+. The van der Waals surface area contributed by atoms with Crippen molar-refractivity contribution in [2.24, 2.45) is 5.10 Å². The molecule has 1 aromatic carbocycles. The first-order valence-electron chi connectivity index (χ1n) is 5.53. The Balaban J connectivity index is 1.94. The molecule has 96 valence electrons. The Morgan fingerprint density at radius 1 is 1.32 bits per heavy atom. The Morgan fingerprint density at radius 2 is 2.11 bits per heavy atom. The van der Waals surface area contributed by atoms with Gasteiger partial charge in [0.15, 0.2) is 0 Å². The molecule has 0 spiro atoms. The van der Waals surface area contributed by atoms with Crippen LogP contribution in [-0.2, 0) is 0 Å². The van der Waals surface area contributed by atoms with Gasteiger partial charge in [0.2, 0.25) is 0 Å². The van der Waals surface area contributed by atoms with Crippen LogP contribution < -0.4 is 10.2 Å². The van der Waals surface area contributed by atoms with Crippen LogP contribution in [-0.4, -0.2) is 29.2 Å². The molecule has 0 atom stereocenters. The van der Waals surface area contributed by atoms with E-state index in [0.717, 1.165) is 11.3 Å². The van der Waals surface area contributed by atoms with Crippen molar-refractivity contribution >= 4 is 12.1 Å². The van der Waals surface area contributed by atoms with Crippen molar-refractivity contribution in [3.8, 4) is 5.75 Å². The van der Waals surface area contributed by atoms with E-state index in [1.54, 1.807) is 7.11 Å². The maximum atomic E-state index is 11.6. The zero-order valence-corrected chi connectivity index (χ0v) is 10.3. The minimum absolute atomic E-state index is 0.217. The molecule has 1 aromatic heterocycles. The molecule has 0 radical (unpaired) electrons. The Bertz CT molecular complexity index is 567. The molecule has 0 unspecified atom stereocenters. The normalized spacial score (nSPS) is 10.4. The summed E-state index contributed by atoms with van der Waals surface area (Å²) in [5.41, 5.74) is 3.44. The largest absolute Gasteiger partial charge is 0.497 e. The third-order valence-corrected chi connectivity index (χ3v) is 2.29. The molecule has 6 heteroatoms. The molecule has 1 heterocycles. The lowest BCUT2D eigenvalue weighted by molar-refractivity contribution is 0.0949. The van der Waals surface area contributed by atoms with E-state index in [2.05, 4.69) is 20.5 Å². The van der Waals surface area contributed by atoms with Gasteiger partial charge in [-0.05, 0) is 29.8 Å². The molecule has 1 amide bonds. The Kier molecular flexibility index (Phi) is 4.17. The van der Waals surface area contributed by atoms with E-state index in [9.17, 15) is 4.79 Å². The van der Waals surface area contributed by atoms with Gasteiger partial charge in [-0.2, -0.15) is 5.10 Å². The molecule has 0 aliphatic heterocycles. The summed E-state index contributed by atoms with van der Waals surface area (Å²) >= 11 is 0. The number of amides is 1. The molecule has 1 N–H and O–H groups in total. The average Bonchev–Trinajstić information content (AvgIpc) is 2.49. The number of ether oxygens (including phenoxy) is 1. The van der Waals surface area contributed by atoms with Crippen LogP contribution in [0.15, 0.2) is 48.0 Å². The third kappa shape index (κ3) is 3.60. The number of aromatic nitrogens is 2. The first kappa shape index (κ1) is 12.7. The summed E-state index contributed by atoms with van der Waals surface area (Å²) in [6, 6.07) is 7.28. The second-order valence-corrected chi connectivity index (χ2v) is 3.56. The van der Waals surface area contributed by atoms with Crippen LogP contribution in [0.2, 0.25) is 0 Å². The van der Waals surface area contributed by atoms with Crippen LogP contribution in [0, 0.1) is 0 Å². The van der Waals surface area contributed by atoms with E-state index in [1.165, 1.54) is 24.8 Å². The number of nitrogens with zero attached hydrogens (tertiary/aromatic N) is 3. The zero-order valence-electron chi connectivity index (χ0n) is 10.3. The highest BCUT2D eigenvalue weighted by Gasteiger charge is 2.04. The molecule has 19 heavy (non-hydrogen) atoms. The minimum Gasteiger partial charge on any atom is -0.497 e. The number of benzene rings is 1. The number of nitrogens with one attached hydrogen (secondary N) is 1. The fourth-order valence-corrected chi connectivity index (χ4v) is 1.33. The van der Waals surface area contributed by atoms with Gasteiger partial charge in [0, 0.05) is 12.4 Å². The number of carbonyl (C=O) groups excluding carboxylic acids is 1. The van der Waals surface area contributed by atoms with E-state index < -0.39 is 5.91 Å². The van der Waals surface area contributed by atoms with Gasteiger partial charge in [-0.3, -0.25) is 9.78 Å². The van der Waals surface area contributed by atoms with Crippen molar-refractivity contribution in [2.75, 3.05) is 7.11 Å². The number of carbonyl (C=O) groups is 1. The lowest BCUT2D eigenvalue weighted by atomic mass is 10.2. The molecule has 0 saturated carbocycles. The molecule has 0 saturated heterocycles. The maximum absolute atomic E-state index is 11.6. The zero-order chi connectivity index (χ0) is 13.5. The molecule has 2 aromatic rings. The van der Waals surface area contributed by atoms with Gasteiger partial charge in [-0.15, -0.1) is 0 Å². The first-order chi connectivity index (χ1) is 9.29. The minimum atomic E-state index is -0.405. The Morgan fingerprint density at radius 3 is 2.74 bits per heavy atom. The van der Waals surface area contributed by atoms with E-state index in [4.69, 9.17) is 4.74 Å². The molecule has 0 bridgehead atoms. The monoisotopic (exact) mass is 256 g/mol. The van der Waals surface area contributed by atoms with Crippen molar-refractivity contribution in [3.05, 3.63) is 54.1 Å². The number of rotatable bonds is 4. The van der Waals surface area contributed by atoms with Gasteiger partial charge in [0.25, 0.3) is 5.91 Å². The highest BCUT2D eigenvalue weighted by molar-refractivity contribution is 5.92. The smallest absolute Gasteiger partial charge is 0.291 e. The summed E-state index contributed by atoms with van der Waals surface area (Å²) in [5.74, 6) is 0.360. The van der Waals surface area contributed by atoms with Crippen LogP contribution in [0.4, 0.5) is 0 Å². The highest BCUT2D eigenvalue weighted by Crippen LogP contribution is 2.09. The SMILES string of the molecule is COc1ccc(/C=N/NC(=O)c2cnccn2)cc1. The van der Waals surface area contributed by atoms with E-state index in [0.29, 0.717) is 0 Å². The fourth-order valence-electron chi connectivity index (χ4n) is 1.33. The molecule has 0 aliphatic carbocycles. The van der Waals surface area contributed by atoms with Crippen molar-refractivity contribution < 1.29 is 9.53 Å². The van der Waals surface area contributed by atoms with Gasteiger partial charge in [-0.25, -0.2) is 10.4 Å². The van der Waals surface area contributed by atoms with Crippen LogP contribution in [0.3, 0.4) is 0 Å². The lowest BCUT2D eigenvalue weighted by Crippen LogP contribution is -2.19. The topological polar surface area (TPSA) is 76.5 Å². The summed E-state index contributed by atoms with van der Waals surface area (Å²) in [5, 5.41) is 3.84. The van der Waals surface area contributed by atoms with Crippen molar-refractivity contribution in [1.29, 1.82) is 0 Å². The molecule has 6 nitrogen and oxygen atoms in total. The summed E-state index contributed by atoms with van der Waals surface area (Å²) in [6.07, 6.45) is 5.85. The van der Waals surface area contributed by atoms with E-state index in [-0.39, 0.29) is 5.69 Å². The lowest BCUT2D eigenvalue weighted by Gasteiger charge is -1.99. The summed E-state index contributed by atoms with van der Waals surface area (Å²) in [6.45, 7) is 0. The predicted octanol–water partition coefficient (Wildman–Crippen LogP) is 1.25. The third-order valence-electron chi connectivity index (χ3n) is 2.29. The van der Waals surface area contributed by atoms with Gasteiger partial charge in [0.05, 0.1) is 19.5 Å². The number of hydrogen-bond donors (Lipinski definition) is 1. The highest BCUT2D eigenvalue weighted by atomic mass is 16.5. The summed E-state index contributed by atoms with van der Waals surface area (Å²) < 4.78 is 5.04. The molecule has 0 fully saturated rings. The van der Waals surface area contributed by atoms with E-state index >= 15 is 0 Å². The van der Waals surface area contributed by atoms with Gasteiger partial charge in [0.1, 0.15) is 11.4 Å². The van der Waals surface area contributed by atoms with Crippen molar-refractivity contribution in [2.45, 2.75) is 0 Å². The molecule has 2 rings (SSSR count). The predicted molar refractivity (Wildman–Crippen MR) is 70.1 cm³/mol. The fraction of sp³-hybridized carbons (Fsp3) is 0.0769. The number of methoxy groups -OCH3 is 1. The molecular formula is C13H12N4O2. The van der Waals surface area contributed by atoms with Crippen molar-refractivity contribution in [3.63, 3.8) is 0 Å². The number of hydrazone groups is 1. The van der Waals surface area contributed by atoms with Gasteiger partial charge < -0.3 is 4.74 Å². The molecular weight excluding hydrogens is 244 g/mol. The van der Waals surface area contributed by atoms with Crippen molar-refractivity contribution in [1.82, 2.24) is 15.4 Å². The van der Waals surface area contributed by atoms with Gasteiger partial charge in [-0.1, -0.05) is 0 Å². The van der Waals surface area contributed by atoms with Crippen LogP contribution in [0.5, 0.6) is 5.75 Å².